The Morgan fingerprint density at radius 1 is 0.825 bits per heavy atom. The molecule has 0 radical (unpaired) electrons. The highest BCUT2D eigenvalue weighted by atomic mass is 35.5. The first kappa shape index (κ1) is 40.8. The third kappa shape index (κ3) is 9.57. The number of hydrogen-bond acceptors (Lipinski definition) is 17. The zero-order valence-electron chi connectivity index (χ0n) is 29.0. The maximum absolute atomic E-state index is 12.6. The third-order valence-electron chi connectivity index (χ3n) is 7.83. The Morgan fingerprint density at radius 2 is 1.49 bits per heavy atom. The molecule has 24 heteroatoms. The van der Waals surface area contributed by atoms with E-state index >= 15 is 0 Å². The number of nitrogens with zero attached hydrogens (tertiary/aromatic N) is 8. The molecule has 6 N–H and O–H groups in total. The number of aromatic nitrogens is 4. The van der Waals surface area contributed by atoms with Gasteiger partial charge in [0.05, 0.1) is 52.7 Å². The van der Waals surface area contributed by atoms with Crippen LogP contribution in [0.4, 0.5) is 34.4 Å². The van der Waals surface area contributed by atoms with Crippen LogP contribution >= 0.6 is 23.6 Å². The maximum Gasteiger partial charge on any atom is 0.444 e. The van der Waals surface area contributed by atoms with Gasteiger partial charge in [-0.3, -0.25) is 13.9 Å². The van der Waals surface area contributed by atoms with Gasteiger partial charge in [-0.2, -0.15) is 32.0 Å². The number of nitrogens with one attached hydrogen (secondary N) is 1. The van der Waals surface area contributed by atoms with E-state index in [-0.39, 0.29) is 55.5 Å². The van der Waals surface area contributed by atoms with Crippen LogP contribution in [0.15, 0.2) is 120 Å². The van der Waals surface area contributed by atoms with Gasteiger partial charge in [-0.1, -0.05) is 17.2 Å². The van der Waals surface area contributed by atoms with Gasteiger partial charge < -0.3 is 11.1 Å². The summed E-state index contributed by atoms with van der Waals surface area (Å²) in [6.07, 6.45) is 2.94. The first-order valence-corrected chi connectivity index (χ1v) is 19.8. The largest absolute Gasteiger partial charge is 0.444 e. The lowest BCUT2D eigenvalue weighted by atomic mass is 10.1. The molecule has 2 heterocycles. The average Bonchev–Trinajstić information content (AvgIpc) is 3.16. The van der Waals surface area contributed by atoms with Crippen LogP contribution in [0.3, 0.4) is 0 Å². The first-order valence-electron chi connectivity index (χ1n) is 15.8. The van der Waals surface area contributed by atoms with Gasteiger partial charge in [0.25, 0.3) is 26.1 Å². The van der Waals surface area contributed by atoms with Crippen molar-refractivity contribution in [2.24, 2.45) is 26.2 Å². The Bertz CT molecular complexity index is 2870. The van der Waals surface area contributed by atoms with Crippen molar-refractivity contribution >= 4 is 94.9 Å². The summed E-state index contributed by atoms with van der Waals surface area (Å²) >= 11 is 6.76. The summed E-state index contributed by atoms with van der Waals surface area (Å²) in [6, 6.07) is 17.1. The van der Waals surface area contributed by atoms with Crippen LogP contribution in [0.1, 0.15) is 21.5 Å². The number of pyridine rings is 1. The monoisotopic (exact) mass is 853 g/mol. The molecule has 2 aromatic heterocycles. The van der Waals surface area contributed by atoms with Crippen LogP contribution in [0.2, 0.25) is 5.28 Å². The molecule has 6 aromatic rings. The fourth-order valence-corrected chi connectivity index (χ4v) is 7.14. The summed E-state index contributed by atoms with van der Waals surface area (Å²) in [6.45, 7) is 3.40. The van der Waals surface area contributed by atoms with E-state index < -0.39 is 35.9 Å². The Balaban J connectivity index is 1.35. The highest BCUT2D eigenvalue weighted by Crippen LogP contribution is 2.39. The number of benzene rings is 4. The summed E-state index contributed by atoms with van der Waals surface area (Å²) in [5.41, 5.74) is 7.50. The number of fused-ring (bicyclic) bond motifs is 1. The molecule has 0 saturated carbocycles. The van der Waals surface area contributed by atoms with Crippen LogP contribution in [-0.2, 0) is 29.6 Å². The van der Waals surface area contributed by atoms with E-state index in [1.165, 1.54) is 47.2 Å². The lowest BCUT2D eigenvalue weighted by Crippen LogP contribution is -2.34. The van der Waals surface area contributed by atoms with E-state index in [4.69, 9.17) is 22.6 Å². The molecule has 0 aliphatic rings. The van der Waals surface area contributed by atoms with Gasteiger partial charge in [-0.05, 0) is 107 Å². The Hall–Kier alpha value is -5.89. The van der Waals surface area contributed by atoms with E-state index in [1.54, 1.807) is 50.4 Å². The van der Waals surface area contributed by atoms with Gasteiger partial charge in [0.2, 0.25) is 0 Å². The van der Waals surface area contributed by atoms with Crippen LogP contribution < -0.4 is 15.6 Å². The van der Waals surface area contributed by atoms with E-state index in [2.05, 4.69) is 50.1 Å². The Kier molecular flexibility index (Phi) is 11.9. The summed E-state index contributed by atoms with van der Waals surface area (Å²) < 4.78 is 74.7. The van der Waals surface area contributed by atoms with Crippen LogP contribution in [0.25, 0.3) is 16.7 Å². The Labute approximate surface area is 331 Å². The minimum atomic E-state index is -4.79. The quantitative estimate of drug-likeness (QED) is 0.0192. The van der Waals surface area contributed by atoms with Gasteiger partial charge in [0.15, 0.2) is 0 Å². The molecular formula is C33H26ClN10O10S3+. The number of nitrogens with two attached hydrogens (primary N) is 1. The van der Waals surface area contributed by atoms with Gasteiger partial charge in [-0.15, -0.1) is 14.6 Å². The zero-order valence-corrected chi connectivity index (χ0v) is 32.2. The molecule has 4 aromatic carbocycles. The Morgan fingerprint density at radius 3 is 2.14 bits per heavy atom. The van der Waals surface area contributed by atoms with Crippen molar-refractivity contribution in [3.63, 3.8) is 0 Å². The summed E-state index contributed by atoms with van der Waals surface area (Å²) in [4.78, 5) is 23.5. The van der Waals surface area contributed by atoms with Gasteiger partial charge in [-0.25, -0.2) is 9.82 Å². The lowest BCUT2D eigenvalue weighted by Gasteiger charge is -2.12. The molecule has 57 heavy (non-hydrogen) atoms. The molecule has 0 atom stereocenters. The van der Waals surface area contributed by atoms with Crippen molar-refractivity contribution < 1.29 is 49.9 Å². The number of aryl methyl sites for hydroxylation is 2. The predicted octanol–water partition coefficient (Wildman–Crippen LogP) is 7.17. The second-order valence-electron chi connectivity index (χ2n) is 11.7. The predicted molar refractivity (Wildman–Crippen MR) is 203 cm³/mol. The number of azo groups is 2. The fraction of sp³-hybridized carbons (Fsp3) is 0.0606. The number of amides is 1. The normalized spacial score (nSPS) is 12.2. The highest BCUT2D eigenvalue weighted by molar-refractivity contribution is 7.94. The molecule has 20 nitrogen and oxygen atoms in total. The van der Waals surface area contributed by atoms with Crippen LogP contribution in [0.5, 0.6) is 0 Å². The van der Waals surface area contributed by atoms with Gasteiger partial charge in [0, 0.05) is 15.7 Å². The molecule has 0 saturated heterocycles. The van der Waals surface area contributed by atoms with E-state index in [0.717, 1.165) is 6.07 Å². The van der Waals surface area contributed by atoms with Gasteiger partial charge in [0.1, 0.15) is 15.5 Å². The number of anilines is 2. The number of rotatable bonds is 13. The minimum absolute atomic E-state index is 0.000442. The number of halogens is 1. The second-order valence-corrected chi connectivity index (χ2v) is 15.6. The number of carbonyl (C=O) groups excluding carboxylic acids is 1. The minimum Gasteiger partial charge on any atom is -0.366 e. The first-order chi connectivity index (χ1) is 27.0. The van der Waals surface area contributed by atoms with Crippen molar-refractivity contribution in [1.29, 1.82) is 0 Å². The van der Waals surface area contributed by atoms with E-state index in [9.17, 15) is 30.7 Å². The molecule has 0 unspecified atom stereocenters. The molecule has 1 amide bonds. The fourth-order valence-electron chi connectivity index (χ4n) is 5.26. The summed E-state index contributed by atoms with van der Waals surface area (Å²) in [5.74, 6) is -0.800. The van der Waals surface area contributed by atoms with Crippen molar-refractivity contribution in [3.05, 3.63) is 107 Å². The van der Waals surface area contributed by atoms with Crippen molar-refractivity contribution in [1.82, 2.24) is 15.0 Å². The molecule has 6 rings (SSSR count). The van der Waals surface area contributed by atoms with Crippen molar-refractivity contribution in [3.8, 4) is 5.95 Å². The SMILES string of the molecule is Cc1cc(N=Nc2ccc(Nc3nc(Cl)nc(-[n+]4cccc(C(N)=O)c4)n3)c3c(S(=O)(=O)O)cccc23)c(C)cc1N=Nc1cc(SOOO)ccc1S(=O)(=O)O. The lowest BCUT2D eigenvalue weighted by molar-refractivity contribution is -0.603. The van der Waals surface area contributed by atoms with Crippen LogP contribution in [-0.4, -0.2) is 52.1 Å². The van der Waals surface area contributed by atoms with Crippen molar-refractivity contribution in [2.75, 3.05) is 5.32 Å². The number of hydrogen-bond donors (Lipinski definition) is 5. The number of primary amides is 1. The third-order valence-corrected chi connectivity index (χ3v) is 10.4. The molecular weight excluding hydrogens is 828 g/mol. The second kappa shape index (κ2) is 16.7. The molecule has 0 aliphatic carbocycles. The molecule has 0 spiro atoms. The van der Waals surface area contributed by atoms with E-state index in [0.29, 0.717) is 34.5 Å². The molecule has 0 fully saturated rings. The molecule has 0 bridgehead atoms. The zero-order chi connectivity index (χ0) is 41.1. The topological polar surface area (TPSA) is 295 Å². The summed E-state index contributed by atoms with van der Waals surface area (Å²) in [7, 11) is -9.48. The highest BCUT2D eigenvalue weighted by Gasteiger charge is 2.23. The van der Waals surface area contributed by atoms with Gasteiger partial charge >= 0.3 is 17.2 Å². The standard InChI is InChI=1S/C33H25ClN10O10S3/c1-17-14-25(42-43-26-15-20(55-54-53-46)8-11-27(26)56(47,48)49)18(2)13-24(17)41-40-22-9-10-23(29-21(22)6-3-7-28(29)57(50,51)52)36-32-37-31(34)38-33(39-32)44-12-4-5-19(16-44)30(35)45/h3-16H,1-2H3,(H5-,35,36,37,38,39,41,43,45,46,47,48,49,50,51,52)/p+1. The molecule has 292 valence electrons. The maximum atomic E-state index is 12.6. The average molecular weight is 854 g/mol. The number of carbonyl (C=O) groups is 1. The smallest absolute Gasteiger partial charge is 0.366 e. The van der Waals surface area contributed by atoms with E-state index in [1.807, 2.05) is 0 Å². The molecule has 0 aliphatic heterocycles. The van der Waals surface area contributed by atoms with Crippen molar-refractivity contribution in [2.45, 2.75) is 28.5 Å². The summed E-state index contributed by atoms with van der Waals surface area (Å²) in [5, 5.41) is 31.9. The van der Waals surface area contributed by atoms with Crippen LogP contribution in [0, 0.1) is 13.8 Å².